The van der Waals surface area contributed by atoms with Crippen LogP contribution in [0.2, 0.25) is 0 Å². The minimum Gasteiger partial charge on any atom is -0.480 e. The van der Waals surface area contributed by atoms with E-state index in [0.29, 0.717) is 6.54 Å². The van der Waals surface area contributed by atoms with E-state index >= 15 is 0 Å². The second-order valence-electron chi connectivity index (χ2n) is 2.31. The average Bonchev–Trinajstić information content (AvgIpc) is 1.79. The van der Waals surface area contributed by atoms with Gasteiger partial charge in [-0.25, -0.2) is 0 Å². The van der Waals surface area contributed by atoms with Gasteiger partial charge in [0.15, 0.2) is 0 Å². The van der Waals surface area contributed by atoms with Gasteiger partial charge in [0.1, 0.15) is 0 Å². The summed E-state index contributed by atoms with van der Waals surface area (Å²) in [5.74, 6) is -0.817. The van der Waals surface area contributed by atoms with E-state index in [1.54, 1.807) is 0 Å². The van der Waals surface area contributed by atoms with Crippen LogP contribution in [0.1, 0.15) is 13.8 Å². The molecule has 3 nitrogen and oxygen atoms in total. The molecule has 0 radical (unpaired) electrons. The fourth-order valence-corrected chi connectivity index (χ4v) is 0.455. The number of allylic oxidation sites excluding steroid dienone is 1. The monoisotopic (exact) mass is 143 g/mol. The molecular weight excluding hydrogens is 130 g/mol. The molecule has 0 aliphatic heterocycles. The lowest BCUT2D eigenvalue weighted by Gasteiger charge is -1.95. The number of carboxylic acids is 1. The first kappa shape index (κ1) is 9.17. The van der Waals surface area contributed by atoms with E-state index in [4.69, 9.17) is 5.11 Å². The van der Waals surface area contributed by atoms with Crippen molar-refractivity contribution in [2.75, 3.05) is 13.1 Å². The highest BCUT2D eigenvalue weighted by Gasteiger charge is 1.90. The highest BCUT2D eigenvalue weighted by Crippen LogP contribution is 1.84. The van der Waals surface area contributed by atoms with Crippen molar-refractivity contribution in [2.45, 2.75) is 13.8 Å². The Morgan fingerprint density at radius 1 is 1.60 bits per heavy atom. The lowest BCUT2D eigenvalue weighted by molar-refractivity contribution is -0.135. The van der Waals surface area contributed by atoms with E-state index in [2.05, 4.69) is 5.32 Å². The molecule has 0 aliphatic carbocycles. The average molecular weight is 143 g/mol. The van der Waals surface area contributed by atoms with Crippen LogP contribution < -0.4 is 5.32 Å². The van der Waals surface area contributed by atoms with Gasteiger partial charge in [-0.1, -0.05) is 11.6 Å². The molecular formula is C7H13NO2. The van der Waals surface area contributed by atoms with Crippen LogP contribution in [0.15, 0.2) is 11.6 Å². The van der Waals surface area contributed by atoms with Gasteiger partial charge in [0.05, 0.1) is 6.54 Å². The maximum absolute atomic E-state index is 9.96. The van der Waals surface area contributed by atoms with Crippen molar-refractivity contribution in [3.8, 4) is 0 Å². The molecule has 0 fully saturated rings. The van der Waals surface area contributed by atoms with E-state index in [0.717, 1.165) is 0 Å². The first-order chi connectivity index (χ1) is 4.63. The molecule has 0 amide bonds. The summed E-state index contributed by atoms with van der Waals surface area (Å²) in [7, 11) is 0. The van der Waals surface area contributed by atoms with Crippen LogP contribution in [0, 0.1) is 0 Å². The summed E-state index contributed by atoms with van der Waals surface area (Å²) in [6, 6.07) is 0. The summed E-state index contributed by atoms with van der Waals surface area (Å²) >= 11 is 0. The van der Waals surface area contributed by atoms with Crippen LogP contribution in [0.5, 0.6) is 0 Å². The van der Waals surface area contributed by atoms with Gasteiger partial charge in [0.2, 0.25) is 0 Å². The molecule has 3 heteroatoms. The van der Waals surface area contributed by atoms with Gasteiger partial charge < -0.3 is 10.4 Å². The number of aliphatic carboxylic acids is 1. The molecule has 0 aromatic rings. The van der Waals surface area contributed by atoms with E-state index in [1.807, 2.05) is 19.9 Å². The zero-order valence-corrected chi connectivity index (χ0v) is 6.35. The van der Waals surface area contributed by atoms with E-state index < -0.39 is 5.97 Å². The largest absolute Gasteiger partial charge is 0.480 e. The molecule has 0 bridgehead atoms. The van der Waals surface area contributed by atoms with E-state index in [9.17, 15) is 4.79 Å². The Morgan fingerprint density at radius 3 is 2.60 bits per heavy atom. The summed E-state index contributed by atoms with van der Waals surface area (Å²) < 4.78 is 0. The number of hydrogen-bond donors (Lipinski definition) is 2. The first-order valence-electron chi connectivity index (χ1n) is 3.19. The molecule has 0 saturated heterocycles. The Morgan fingerprint density at radius 2 is 2.20 bits per heavy atom. The second kappa shape index (κ2) is 4.99. The zero-order valence-electron chi connectivity index (χ0n) is 6.35. The Hall–Kier alpha value is -0.830. The number of hydrogen-bond acceptors (Lipinski definition) is 2. The summed E-state index contributed by atoms with van der Waals surface area (Å²) in [5, 5.41) is 10.9. The third-order valence-electron chi connectivity index (χ3n) is 0.931. The van der Waals surface area contributed by atoms with Gasteiger partial charge in [-0.05, 0) is 13.8 Å². The van der Waals surface area contributed by atoms with Gasteiger partial charge >= 0.3 is 5.97 Å². The van der Waals surface area contributed by atoms with Crippen molar-refractivity contribution in [1.82, 2.24) is 5.32 Å². The van der Waals surface area contributed by atoms with Crippen molar-refractivity contribution in [2.24, 2.45) is 0 Å². The van der Waals surface area contributed by atoms with Gasteiger partial charge in [-0.15, -0.1) is 0 Å². The highest BCUT2D eigenvalue weighted by molar-refractivity contribution is 5.69. The predicted octanol–water partition coefficient (Wildman–Crippen LogP) is 0.627. The SMILES string of the molecule is CC(C)=CCNCC(=O)O. The van der Waals surface area contributed by atoms with Crippen molar-refractivity contribution >= 4 is 5.97 Å². The predicted molar refractivity (Wildman–Crippen MR) is 39.9 cm³/mol. The maximum atomic E-state index is 9.96. The Kier molecular flexibility index (Phi) is 4.58. The smallest absolute Gasteiger partial charge is 0.317 e. The highest BCUT2D eigenvalue weighted by atomic mass is 16.4. The maximum Gasteiger partial charge on any atom is 0.317 e. The van der Waals surface area contributed by atoms with E-state index in [-0.39, 0.29) is 6.54 Å². The zero-order chi connectivity index (χ0) is 7.98. The molecule has 2 N–H and O–H groups in total. The Bertz CT molecular complexity index is 137. The minimum atomic E-state index is -0.817. The molecule has 0 aromatic carbocycles. The van der Waals surface area contributed by atoms with Crippen molar-refractivity contribution < 1.29 is 9.90 Å². The molecule has 0 spiro atoms. The molecule has 0 unspecified atom stereocenters. The summed E-state index contributed by atoms with van der Waals surface area (Å²) in [5.41, 5.74) is 1.19. The Labute approximate surface area is 60.7 Å². The summed E-state index contributed by atoms with van der Waals surface area (Å²) in [6.07, 6.45) is 1.95. The van der Waals surface area contributed by atoms with Crippen LogP contribution in [0.3, 0.4) is 0 Å². The van der Waals surface area contributed by atoms with Crippen LogP contribution in [0.25, 0.3) is 0 Å². The molecule has 0 saturated carbocycles. The first-order valence-corrected chi connectivity index (χ1v) is 3.19. The van der Waals surface area contributed by atoms with Crippen LogP contribution in [-0.4, -0.2) is 24.2 Å². The van der Waals surface area contributed by atoms with Crippen LogP contribution in [-0.2, 0) is 4.79 Å². The quantitative estimate of drug-likeness (QED) is 0.448. The number of carbonyl (C=O) groups is 1. The van der Waals surface area contributed by atoms with Gasteiger partial charge in [0.25, 0.3) is 0 Å². The molecule has 0 aliphatic rings. The number of rotatable bonds is 4. The molecule has 10 heavy (non-hydrogen) atoms. The van der Waals surface area contributed by atoms with Crippen LogP contribution in [0.4, 0.5) is 0 Å². The summed E-state index contributed by atoms with van der Waals surface area (Å²) in [6.45, 7) is 4.61. The van der Waals surface area contributed by atoms with Crippen molar-refractivity contribution in [3.05, 3.63) is 11.6 Å². The van der Waals surface area contributed by atoms with Gasteiger partial charge in [-0.3, -0.25) is 4.79 Å². The number of carboxylic acid groups (broad SMARTS) is 1. The number of nitrogens with one attached hydrogen (secondary N) is 1. The summed E-state index contributed by atoms with van der Waals surface area (Å²) in [4.78, 5) is 9.96. The molecule has 0 rings (SSSR count). The normalized spacial score (nSPS) is 9.00. The lowest BCUT2D eigenvalue weighted by atomic mass is 10.3. The fraction of sp³-hybridized carbons (Fsp3) is 0.571. The lowest BCUT2D eigenvalue weighted by Crippen LogP contribution is -2.22. The van der Waals surface area contributed by atoms with E-state index in [1.165, 1.54) is 5.57 Å². The topological polar surface area (TPSA) is 49.3 Å². The van der Waals surface area contributed by atoms with Crippen molar-refractivity contribution in [1.29, 1.82) is 0 Å². The van der Waals surface area contributed by atoms with Gasteiger partial charge in [-0.2, -0.15) is 0 Å². The second-order valence-corrected chi connectivity index (χ2v) is 2.31. The van der Waals surface area contributed by atoms with Gasteiger partial charge in [0, 0.05) is 6.54 Å². The van der Waals surface area contributed by atoms with Crippen LogP contribution >= 0.6 is 0 Å². The molecule has 0 heterocycles. The fourth-order valence-electron chi connectivity index (χ4n) is 0.455. The molecule has 58 valence electrons. The minimum absolute atomic E-state index is 0.0315. The standard InChI is InChI=1S/C7H13NO2/c1-6(2)3-4-8-5-7(9)10/h3,8H,4-5H2,1-2H3,(H,9,10). The third kappa shape index (κ3) is 7.17. The molecule has 0 aromatic heterocycles. The molecule has 0 atom stereocenters. The Balaban J connectivity index is 3.21. The van der Waals surface area contributed by atoms with Crippen molar-refractivity contribution in [3.63, 3.8) is 0 Å². The third-order valence-corrected chi connectivity index (χ3v) is 0.931.